The fraction of sp³-hybridized carbons (Fsp3) is 0.933. The van der Waals surface area contributed by atoms with Crippen LogP contribution in [0.15, 0.2) is 4.99 Å². The van der Waals surface area contributed by atoms with E-state index < -0.39 is 0 Å². The molecule has 0 amide bonds. The molecule has 5 nitrogen and oxygen atoms in total. The number of rotatable bonds is 11. The van der Waals surface area contributed by atoms with Crippen molar-refractivity contribution < 1.29 is 4.74 Å². The quantitative estimate of drug-likeness (QED) is 0.345. The fourth-order valence-electron chi connectivity index (χ4n) is 1.73. The molecule has 0 aliphatic rings. The van der Waals surface area contributed by atoms with Crippen molar-refractivity contribution in [3.05, 3.63) is 0 Å². The minimum absolute atomic E-state index is 0.627. The Hall–Kier alpha value is -0.810. The van der Waals surface area contributed by atoms with Gasteiger partial charge < -0.3 is 20.3 Å². The molecule has 120 valence electrons. The largest absolute Gasteiger partial charge is 0.382 e. The van der Waals surface area contributed by atoms with Gasteiger partial charge >= 0.3 is 0 Å². The molecule has 0 bridgehead atoms. The summed E-state index contributed by atoms with van der Waals surface area (Å²) in [5, 5.41) is 6.65. The molecule has 0 aromatic rings. The maximum atomic E-state index is 5.31. The van der Waals surface area contributed by atoms with Crippen LogP contribution in [0.25, 0.3) is 0 Å². The Balaban J connectivity index is 3.91. The highest BCUT2D eigenvalue weighted by Crippen LogP contribution is 1.98. The van der Waals surface area contributed by atoms with Crippen LogP contribution in [-0.4, -0.2) is 63.3 Å². The van der Waals surface area contributed by atoms with Crippen LogP contribution in [0.1, 0.15) is 40.5 Å². The number of nitrogens with zero attached hydrogens (tertiary/aromatic N) is 2. The van der Waals surface area contributed by atoms with E-state index in [1.54, 1.807) is 0 Å². The first-order valence-electron chi connectivity index (χ1n) is 7.95. The summed E-state index contributed by atoms with van der Waals surface area (Å²) in [7, 11) is 2.17. The van der Waals surface area contributed by atoms with Crippen LogP contribution < -0.4 is 10.6 Å². The average Bonchev–Trinajstić information content (AvgIpc) is 2.45. The van der Waals surface area contributed by atoms with Crippen molar-refractivity contribution in [3.8, 4) is 0 Å². The van der Waals surface area contributed by atoms with E-state index in [2.05, 4.69) is 48.3 Å². The lowest BCUT2D eigenvalue weighted by Crippen LogP contribution is -2.42. The number of hydrogen-bond donors (Lipinski definition) is 2. The number of nitrogens with one attached hydrogen (secondary N) is 2. The van der Waals surface area contributed by atoms with Gasteiger partial charge in [0.25, 0.3) is 0 Å². The van der Waals surface area contributed by atoms with Gasteiger partial charge in [0.2, 0.25) is 0 Å². The molecule has 5 heteroatoms. The molecule has 1 atom stereocenters. The molecule has 0 radical (unpaired) electrons. The second kappa shape index (κ2) is 13.2. The zero-order chi connectivity index (χ0) is 15.2. The van der Waals surface area contributed by atoms with Gasteiger partial charge in [-0.25, -0.2) is 0 Å². The van der Waals surface area contributed by atoms with E-state index in [-0.39, 0.29) is 0 Å². The first-order chi connectivity index (χ1) is 9.65. The van der Waals surface area contributed by atoms with Crippen molar-refractivity contribution in [3.63, 3.8) is 0 Å². The van der Waals surface area contributed by atoms with Gasteiger partial charge in [-0.2, -0.15) is 0 Å². The average molecular weight is 286 g/mol. The van der Waals surface area contributed by atoms with E-state index in [1.165, 1.54) is 6.42 Å². The zero-order valence-electron chi connectivity index (χ0n) is 14.0. The number of hydrogen-bond acceptors (Lipinski definition) is 3. The summed E-state index contributed by atoms with van der Waals surface area (Å²) >= 11 is 0. The molecule has 0 aromatic heterocycles. The van der Waals surface area contributed by atoms with Crippen molar-refractivity contribution in [2.75, 3.05) is 46.4 Å². The number of guanidine groups is 1. The van der Waals surface area contributed by atoms with Crippen LogP contribution in [0.2, 0.25) is 0 Å². The molecule has 0 aromatic carbocycles. The summed E-state index contributed by atoms with van der Waals surface area (Å²) in [5.74, 6) is 0.904. The number of aliphatic imine (C=N–C) groups is 1. The lowest BCUT2D eigenvalue weighted by Gasteiger charge is -2.24. The van der Waals surface area contributed by atoms with E-state index in [0.717, 1.165) is 51.8 Å². The van der Waals surface area contributed by atoms with E-state index in [1.807, 2.05) is 6.92 Å². The smallest absolute Gasteiger partial charge is 0.191 e. The monoisotopic (exact) mass is 286 g/mol. The highest BCUT2D eigenvalue weighted by atomic mass is 16.5. The van der Waals surface area contributed by atoms with Crippen LogP contribution in [0.5, 0.6) is 0 Å². The van der Waals surface area contributed by atoms with Gasteiger partial charge in [0.1, 0.15) is 0 Å². The van der Waals surface area contributed by atoms with Crippen LogP contribution in [0.3, 0.4) is 0 Å². The van der Waals surface area contributed by atoms with Gasteiger partial charge in [0.15, 0.2) is 5.96 Å². The van der Waals surface area contributed by atoms with Crippen molar-refractivity contribution in [1.82, 2.24) is 15.5 Å². The Morgan fingerprint density at radius 2 is 2.00 bits per heavy atom. The maximum absolute atomic E-state index is 5.31. The molecule has 0 spiro atoms. The third kappa shape index (κ3) is 10.0. The minimum Gasteiger partial charge on any atom is -0.382 e. The third-order valence-electron chi connectivity index (χ3n) is 3.37. The van der Waals surface area contributed by atoms with E-state index in [0.29, 0.717) is 6.04 Å². The molecule has 0 fully saturated rings. The molecule has 0 saturated heterocycles. The molecular formula is C15H34N4O. The van der Waals surface area contributed by atoms with Gasteiger partial charge in [-0.1, -0.05) is 6.92 Å². The van der Waals surface area contributed by atoms with Crippen molar-refractivity contribution in [2.24, 2.45) is 4.99 Å². The molecule has 1 unspecified atom stereocenters. The van der Waals surface area contributed by atoms with E-state index in [9.17, 15) is 0 Å². The molecule has 2 N–H and O–H groups in total. The van der Waals surface area contributed by atoms with Crippen molar-refractivity contribution in [2.45, 2.75) is 46.6 Å². The fourth-order valence-corrected chi connectivity index (χ4v) is 1.73. The number of ether oxygens (including phenoxy) is 1. The Labute approximate surface area is 125 Å². The van der Waals surface area contributed by atoms with Crippen LogP contribution in [0.4, 0.5) is 0 Å². The molecule has 0 aliphatic heterocycles. The first kappa shape index (κ1) is 19.2. The second-order valence-electron chi connectivity index (χ2n) is 4.98. The standard InChI is InChI=1S/C15H34N4O/c1-6-14(4)19(5)12-11-18-15(16-7-2)17-10-9-13-20-8-3/h14H,6-13H2,1-5H3,(H2,16,17,18). The normalized spacial score (nSPS) is 13.6. The Kier molecular flexibility index (Phi) is 12.7. The number of likely N-dealkylation sites (N-methyl/N-ethyl adjacent to an activating group) is 1. The second-order valence-corrected chi connectivity index (χ2v) is 4.98. The molecule has 0 saturated carbocycles. The summed E-state index contributed by atoms with van der Waals surface area (Å²) in [4.78, 5) is 6.91. The van der Waals surface area contributed by atoms with Crippen LogP contribution in [0, 0.1) is 0 Å². The van der Waals surface area contributed by atoms with Crippen molar-refractivity contribution in [1.29, 1.82) is 0 Å². The van der Waals surface area contributed by atoms with Crippen LogP contribution >= 0.6 is 0 Å². The zero-order valence-corrected chi connectivity index (χ0v) is 14.0. The predicted molar refractivity (Wildman–Crippen MR) is 87.5 cm³/mol. The summed E-state index contributed by atoms with van der Waals surface area (Å²) in [6.45, 7) is 13.8. The van der Waals surface area contributed by atoms with Gasteiger partial charge in [-0.3, -0.25) is 4.99 Å². The van der Waals surface area contributed by atoms with Gasteiger partial charge in [-0.15, -0.1) is 0 Å². The van der Waals surface area contributed by atoms with Gasteiger partial charge in [0, 0.05) is 45.4 Å². The summed E-state index contributed by atoms with van der Waals surface area (Å²) in [5.41, 5.74) is 0. The van der Waals surface area contributed by atoms with Crippen LogP contribution in [-0.2, 0) is 4.74 Å². The van der Waals surface area contributed by atoms with Gasteiger partial charge in [0.05, 0.1) is 0 Å². The van der Waals surface area contributed by atoms with E-state index >= 15 is 0 Å². The summed E-state index contributed by atoms with van der Waals surface area (Å²) < 4.78 is 5.31. The summed E-state index contributed by atoms with van der Waals surface area (Å²) in [6.07, 6.45) is 2.15. The first-order valence-corrected chi connectivity index (χ1v) is 7.95. The maximum Gasteiger partial charge on any atom is 0.191 e. The lowest BCUT2D eigenvalue weighted by molar-refractivity contribution is 0.146. The minimum atomic E-state index is 0.627. The highest BCUT2D eigenvalue weighted by molar-refractivity contribution is 5.79. The Morgan fingerprint density at radius 1 is 1.25 bits per heavy atom. The third-order valence-corrected chi connectivity index (χ3v) is 3.37. The Bertz CT molecular complexity index is 246. The molecule has 0 aliphatic carbocycles. The van der Waals surface area contributed by atoms with Gasteiger partial charge in [-0.05, 0) is 40.7 Å². The van der Waals surface area contributed by atoms with Crippen molar-refractivity contribution >= 4 is 5.96 Å². The predicted octanol–water partition coefficient (Wildman–Crippen LogP) is 1.70. The van der Waals surface area contributed by atoms with E-state index in [4.69, 9.17) is 4.74 Å². The Morgan fingerprint density at radius 3 is 2.60 bits per heavy atom. The highest BCUT2D eigenvalue weighted by Gasteiger charge is 2.06. The molecule has 20 heavy (non-hydrogen) atoms. The molecular weight excluding hydrogens is 252 g/mol. The molecule has 0 heterocycles. The lowest BCUT2D eigenvalue weighted by atomic mass is 10.2. The molecule has 0 rings (SSSR count). The SMILES string of the molecule is CCNC(=NCCCOCC)NCCN(C)C(C)CC. The topological polar surface area (TPSA) is 48.9 Å². The summed E-state index contributed by atoms with van der Waals surface area (Å²) in [6, 6.07) is 0.627.